The highest BCUT2D eigenvalue weighted by atomic mass is 35.5. The summed E-state index contributed by atoms with van der Waals surface area (Å²) in [6.45, 7) is 4.45. The summed E-state index contributed by atoms with van der Waals surface area (Å²) in [5, 5.41) is 8.57. The number of benzene rings is 1. The molecule has 3 aromatic rings. The van der Waals surface area contributed by atoms with E-state index in [0.29, 0.717) is 29.0 Å². The second-order valence-corrected chi connectivity index (χ2v) is 6.39. The minimum absolute atomic E-state index is 0.162. The number of carbonyl (C=O) groups is 1. The molecule has 1 unspecified atom stereocenters. The van der Waals surface area contributed by atoms with Gasteiger partial charge in [-0.1, -0.05) is 18.5 Å². The van der Waals surface area contributed by atoms with Crippen LogP contribution < -0.4 is 4.74 Å². The molecule has 0 saturated carbocycles. The zero-order chi connectivity index (χ0) is 19.2. The van der Waals surface area contributed by atoms with Gasteiger partial charge < -0.3 is 18.5 Å². The fraction of sp³-hybridized carbons (Fsp3) is 0.316. The van der Waals surface area contributed by atoms with Crippen molar-refractivity contribution in [3.8, 4) is 17.4 Å². The van der Waals surface area contributed by atoms with Crippen molar-refractivity contribution in [2.75, 3.05) is 6.54 Å². The Hall–Kier alpha value is -2.80. The number of ether oxygens (including phenoxy) is 1. The van der Waals surface area contributed by atoms with Crippen molar-refractivity contribution in [3.63, 3.8) is 0 Å². The van der Waals surface area contributed by atoms with E-state index < -0.39 is 6.10 Å². The van der Waals surface area contributed by atoms with Crippen LogP contribution in [0.2, 0.25) is 5.02 Å². The van der Waals surface area contributed by atoms with Gasteiger partial charge in [-0.2, -0.15) is 0 Å². The lowest BCUT2D eigenvalue weighted by molar-refractivity contribution is -0.139. The Labute approximate surface area is 161 Å². The maximum Gasteiger partial charge on any atom is 0.283 e. The highest BCUT2D eigenvalue weighted by Gasteiger charge is 2.24. The number of carbonyl (C=O) groups excluding carboxylic acids is 1. The molecule has 7 nitrogen and oxygen atoms in total. The van der Waals surface area contributed by atoms with Crippen LogP contribution in [0.4, 0.5) is 0 Å². The summed E-state index contributed by atoms with van der Waals surface area (Å²) in [7, 11) is 0. The van der Waals surface area contributed by atoms with Gasteiger partial charge in [0.15, 0.2) is 11.9 Å². The Morgan fingerprint density at radius 2 is 2.04 bits per heavy atom. The number of hydrogen-bond acceptors (Lipinski definition) is 6. The Morgan fingerprint density at radius 3 is 2.70 bits per heavy atom. The topological polar surface area (TPSA) is 81.6 Å². The Morgan fingerprint density at radius 1 is 1.26 bits per heavy atom. The fourth-order valence-electron chi connectivity index (χ4n) is 2.54. The SMILES string of the molecule is CCCN(Cc1nnc(-c2ccco2)o1)C(=O)C(C)Oc1ccc(Cl)cc1. The van der Waals surface area contributed by atoms with Crippen molar-refractivity contribution in [1.29, 1.82) is 0 Å². The van der Waals surface area contributed by atoms with E-state index >= 15 is 0 Å². The predicted molar refractivity (Wildman–Crippen MR) is 99.3 cm³/mol. The number of halogens is 1. The van der Waals surface area contributed by atoms with Crippen LogP contribution in [0.15, 0.2) is 51.5 Å². The molecule has 142 valence electrons. The zero-order valence-corrected chi connectivity index (χ0v) is 15.8. The Kier molecular flexibility index (Phi) is 6.13. The Bertz CT molecular complexity index is 861. The Balaban J connectivity index is 1.66. The summed E-state index contributed by atoms with van der Waals surface area (Å²) in [5.41, 5.74) is 0. The van der Waals surface area contributed by atoms with Gasteiger partial charge in [0.1, 0.15) is 5.75 Å². The van der Waals surface area contributed by atoms with Gasteiger partial charge in [-0.05, 0) is 49.7 Å². The molecule has 2 aromatic heterocycles. The molecule has 1 aromatic carbocycles. The first-order chi connectivity index (χ1) is 13.1. The van der Waals surface area contributed by atoms with Crippen molar-refractivity contribution in [1.82, 2.24) is 15.1 Å². The van der Waals surface area contributed by atoms with E-state index in [0.717, 1.165) is 6.42 Å². The highest BCUT2D eigenvalue weighted by molar-refractivity contribution is 6.30. The van der Waals surface area contributed by atoms with Gasteiger partial charge in [-0.15, -0.1) is 10.2 Å². The second-order valence-electron chi connectivity index (χ2n) is 5.95. The average Bonchev–Trinajstić information content (AvgIpc) is 3.34. The van der Waals surface area contributed by atoms with E-state index in [1.807, 2.05) is 6.92 Å². The van der Waals surface area contributed by atoms with Crippen LogP contribution >= 0.6 is 11.6 Å². The molecule has 0 fully saturated rings. The maximum absolute atomic E-state index is 12.8. The molecule has 0 spiro atoms. The first-order valence-corrected chi connectivity index (χ1v) is 9.02. The molecule has 0 aliphatic rings. The third kappa shape index (κ3) is 4.89. The van der Waals surface area contributed by atoms with Crippen LogP contribution in [0, 0.1) is 0 Å². The van der Waals surface area contributed by atoms with Crippen molar-refractivity contribution >= 4 is 17.5 Å². The summed E-state index contributed by atoms with van der Waals surface area (Å²) in [5.74, 6) is 1.52. The van der Waals surface area contributed by atoms with E-state index in [9.17, 15) is 4.79 Å². The molecule has 3 rings (SSSR count). The quantitative estimate of drug-likeness (QED) is 0.574. The normalized spacial score (nSPS) is 12.0. The summed E-state index contributed by atoms with van der Waals surface area (Å²) in [4.78, 5) is 14.4. The van der Waals surface area contributed by atoms with Crippen LogP contribution in [-0.4, -0.2) is 33.7 Å². The third-order valence-corrected chi connectivity index (χ3v) is 4.06. The smallest absolute Gasteiger partial charge is 0.283 e. The van der Waals surface area contributed by atoms with Crippen LogP contribution in [0.5, 0.6) is 5.75 Å². The number of amides is 1. The van der Waals surface area contributed by atoms with Gasteiger partial charge in [0.2, 0.25) is 5.89 Å². The first-order valence-electron chi connectivity index (χ1n) is 8.64. The first kappa shape index (κ1) is 19.0. The van der Waals surface area contributed by atoms with Gasteiger partial charge in [0.05, 0.1) is 12.8 Å². The molecule has 0 bridgehead atoms. The predicted octanol–water partition coefficient (Wildman–Crippen LogP) is 4.19. The molecule has 2 heterocycles. The maximum atomic E-state index is 12.8. The molecule has 1 atom stereocenters. The molecule has 27 heavy (non-hydrogen) atoms. The zero-order valence-electron chi connectivity index (χ0n) is 15.1. The number of aromatic nitrogens is 2. The molecule has 1 amide bonds. The standard InChI is InChI=1S/C19H20ClN3O4/c1-3-10-23(12-17-21-22-18(27-17)16-5-4-11-25-16)19(24)13(2)26-15-8-6-14(20)7-9-15/h4-9,11,13H,3,10,12H2,1-2H3. The molecule has 0 N–H and O–H groups in total. The molecule has 8 heteroatoms. The molecule has 0 aliphatic heterocycles. The highest BCUT2D eigenvalue weighted by Crippen LogP contribution is 2.20. The van der Waals surface area contributed by atoms with Gasteiger partial charge >= 0.3 is 0 Å². The lowest BCUT2D eigenvalue weighted by atomic mass is 10.3. The van der Waals surface area contributed by atoms with E-state index in [4.69, 9.17) is 25.2 Å². The fourth-order valence-corrected chi connectivity index (χ4v) is 2.67. The van der Waals surface area contributed by atoms with Crippen LogP contribution in [-0.2, 0) is 11.3 Å². The summed E-state index contributed by atoms with van der Waals surface area (Å²) >= 11 is 5.87. The summed E-state index contributed by atoms with van der Waals surface area (Å²) in [6, 6.07) is 10.4. The second kappa shape index (κ2) is 8.73. The number of rotatable bonds is 8. The molecular formula is C19H20ClN3O4. The monoisotopic (exact) mass is 389 g/mol. The summed E-state index contributed by atoms with van der Waals surface area (Å²) in [6.07, 6.45) is 1.66. The van der Waals surface area contributed by atoms with Crippen molar-refractivity contribution < 1.29 is 18.4 Å². The molecule has 0 aliphatic carbocycles. The van der Waals surface area contributed by atoms with Crippen LogP contribution in [0.1, 0.15) is 26.2 Å². The van der Waals surface area contributed by atoms with E-state index in [1.54, 1.807) is 48.2 Å². The van der Waals surface area contributed by atoms with Crippen LogP contribution in [0.25, 0.3) is 11.7 Å². The van der Waals surface area contributed by atoms with Gasteiger partial charge in [0, 0.05) is 11.6 Å². The molecule has 0 saturated heterocycles. The third-order valence-electron chi connectivity index (χ3n) is 3.80. The van der Waals surface area contributed by atoms with Crippen molar-refractivity contribution in [2.45, 2.75) is 32.9 Å². The van der Waals surface area contributed by atoms with Crippen molar-refractivity contribution in [2.24, 2.45) is 0 Å². The van der Waals surface area contributed by atoms with Gasteiger partial charge in [-0.3, -0.25) is 4.79 Å². The molecule has 0 radical (unpaired) electrons. The van der Waals surface area contributed by atoms with Crippen molar-refractivity contribution in [3.05, 3.63) is 53.6 Å². The van der Waals surface area contributed by atoms with Crippen LogP contribution in [0.3, 0.4) is 0 Å². The van der Waals surface area contributed by atoms with E-state index in [1.165, 1.54) is 6.26 Å². The largest absolute Gasteiger partial charge is 0.481 e. The minimum Gasteiger partial charge on any atom is -0.481 e. The van der Waals surface area contributed by atoms with E-state index in [-0.39, 0.29) is 18.3 Å². The molecular weight excluding hydrogens is 370 g/mol. The van der Waals surface area contributed by atoms with Gasteiger partial charge in [-0.25, -0.2) is 0 Å². The average molecular weight is 390 g/mol. The lowest BCUT2D eigenvalue weighted by Crippen LogP contribution is -2.40. The lowest BCUT2D eigenvalue weighted by Gasteiger charge is -2.24. The number of furan rings is 1. The van der Waals surface area contributed by atoms with E-state index in [2.05, 4.69) is 10.2 Å². The van der Waals surface area contributed by atoms with Gasteiger partial charge in [0.25, 0.3) is 11.8 Å². The number of hydrogen-bond donors (Lipinski definition) is 0. The summed E-state index contributed by atoms with van der Waals surface area (Å²) < 4.78 is 16.6. The minimum atomic E-state index is -0.662. The number of nitrogens with zero attached hydrogens (tertiary/aromatic N) is 3.